The number of hydrogen-bond donors (Lipinski definition) is 0. The predicted molar refractivity (Wildman–Crippen MR) is 77.0 cm³/mol. The lowest BCUT2D eigenvalue weighted by molar-refractivity contribution is 0.242. The predicted octanol–water partition coefficient (Wildman–Crippen LogP) is 2.07. The molecule has 0 saturated carbocycles. The molecule has 2 saturated heterocycles. The van der Waals surface area contributed by atoms with Crippen molar-refractivity contribution in [2.24, 2.45) is 11.8 Å². The molecule has 0 radical (unpaired) electrons. The third-order valence-electron chi connectivity index (χ3n) is 4.22. The van der Waals surface area contributed by atoms with E-state index in [4.69, 9.17) is 0 Å². The maximum Gasteiger partial charge on any atom is 0.282 e. The molecule has 2 aliphatic heterocycles. The zero-order valence-electron chi connectivity index (χ0n) is 11.2. The van der Waals surface area contributed by atoms with E-state index in [0.717, 1.165) is 19.3 Å². The summed E-state index contributed by atoms with van der Waals surface area (Å²) in [6, 6.07) is 0. The van der Waals surface area contributed by atoms with Crippen LogP contribution in [0.25, 0.3) is 0 Å². The summed E-state index contributed by atoms with van der Waals surface area (Å²) in [6.45, 7) is 7.01. The molecule has 0 spiro atoms. The number of rotatable bonds is 2. The summed E-state index contributed by atoms with van der Waals surface area (Å²) >= 11 is 3.60. The van der Waals surface area contributed by atoms with Crippen LogP contribution in [0.15, 0.2) is 0 Å². The second-order valence-corrected chi connectivity index (χ2v) is 8.83. The van der Waals surface area contributed by atoms with E-state index in [0.29, 0.717) is 38.0 Å². The summed E-state index contributed by atoms with van der Waals surface area (Å²) in [5.74, 6) is 1.21. The van der Waals surface area contributed by atoms with Crippen LogP contribution in [0, 0.1) is 11.8 Å². The highest BCUT2D eigenvalue weighted by Gasteiger charge is 2.36. The highest BCUT2D eigenvalue weighted by molar-refractivity contribution is 9.09. The normalized spacial score (nSPS) is 33.7. The topological polar surface area (TPSA) is 40.6 Å². The van der Waals surface area contributed by atoms with Crippen LogP contribution in [-0.4, -0.2) is 48.0 Å². The summed E-state index contributed by atoms with van der Waals surface area (Å²) in [6.07, 6.45) is 2.92. The summed E-state index contributed by atoms with van der Waals surface area (Å²) < 4.78 is 28.4. The first-order valence-electron chi connectivity index (χ1n) is 6.80. The van der Waals surface area contributed by atoms with Crippen LogP contribution < -0.4 is 0 Å². The third kappa shape index (κ3) is 3.08. The molecule has 2 unspecified atom stereocenters. The van der Waals surface area contributed by atoms with Gasteiger partial charge in [0.1, 0.15) is 0 Å². The number of alkyl halides is 1. The zero-order valence-corrected chi connectivity index (χ0v) is 13.6. The van der Waals surface area contributed by atoms with Crippen LogP contribution in [0.4, 0.5) is 0 Å². The standard InChI is InChI=1S/C12H23BrN2O2S/c1-10-3-6-14(7-4-10)18(16,17)15-8-5-11(2)12(13)9-15/h10-12H,3-9H2,1-2H3. The van der Waals surface area contributed by atoms with Crippen LogP contribution >= 0.6 is 15.9 Å². The van der Waals surface area contributed by atoms with Crippen LogP contribution in [0.3, 0.4) is 0 Å². The van der Waals surface area contributed by atoms with Crippen molar-refractivity contribution in [3.05, 3.63) is 0 Å². The van der Waals surface area contributed by atoms with E-state index in [1.54, 1.807) is 8.61 Å². The Hall–Kier alpha value is 0.350. The molecule has 0 aromatic carbocycles. The van der Waals surface area contributed by atoms with Gasteiger partial charge in [0.15, 0.2) is 0 Å². The van der Waals surface area contributed by atoms with Crippen LogP contribution in [0.5, 0.6) is 0 Å². The highest BCUT2D eigenvalue weighted by Crippen LogP contribution is 2.28. The van der Waals surface area contributed by atoms with E-state index in [1.807, 2.05) is 0 Å². The molecule has 2 heterocycles. The Kier molecular flexibility index (Phi) is 4.73. The molecule has 106 valence electrons. The van der Waals surface area contributed by atoms with Crippen molar-refractivity contribution in [3.8, 4) is 0 Å². The molecule has 0 aromatic heterocycles. The fraction of sp³-hybridized carbons (Fsp3) is 1.00. The number of piperidine rings is 2. The molecule has 0 aromatic rings. The Morgan fingerprint density at radius 3 is 2.11 bits per heavy atom. The molecule has 2 fully saturated rings. The van der Waals surface area contributed by atoms with Gasteiger partial charge in [-0.25, -0.2) is 0 Å². The van der Waals surface area contributed by atoms with Gasteiger partial charge in [-0.3, -0.25) is 0 Å². The quantitative estimate of drug-likeness (QED) is 0.723. The van der Waals surface area contributed by atoms with Crippen molar-refractivity contribution in [1.82, 2.24) is 8.61 Å². The molecule has 6 heteroatoms. The summed E-state index contributed by atoms with van der Waals surface area (Å²) in [5, 5.41) is 0. The summed E-state index contributed by atoms with van der Waals surface area (Å²) in [4.78, 5) is 0.282. The lowest BCUT2D eigenvalue weighted by Crippen LogP contribution is -2.51. The fourth-order valence-electron chi connectivity index (χ4n) is 2.58. The Labute approximate surface area is 119 Å². The van der Waals surface area contributed by atoms with Crippen LogP contribution in [0.1, 0.15) is 33.1 Å². The van der Waals surface area contributed by atoms with Gasteiger partial charge in [0.2, 0.25) is 0 Å². The van der Waals surface area contributed by atoms with Crippen molar-refractivity contribution in [3.63, 3.8) is 0 Å². The van der Waals surface area contributed by atoms with Gasteiger partial charge in [0.25, 0.3) is 10.2 Å². The molecule has 0 bridgehead atoms. The van der Waals surface area contributed by atoms with Gasteiger partial charge in [-0.2, -0.15) is 17.0 Å². The van der Waals surface area contributed by atoms with E-state index in [9.17, 15) is 8.42 Å². The maximum absolute atomic E-state index is 12.5. The molecular weight excluding hydrogens is 316 g/mol. The lowest BCUT2D eigenvalue weighted by atomic mass is 10.0. The first kappa shape index (κ1) is 14.8. The van der Waals surface area contributed by atoms with E-state index < -0.39 is 10.2 Å². The molecule has 0 N–H and O–H groups in total. The van der Waals surface area contributed by atoms with Gasteiger partial charge in [-0.1, -0.05) is 29.8 Å². The monoisotopic (exact) mass is 338 g/mol. The van der Waals surface area contributed by atoms with Crippen molar-refractivity contribution < 1.29 is 8.42 Å². The molecule has 18 heavy (non-hydrogen) atoms. The Bertz CT molecular complexity index is 380. The molecule has 0 aliphatic carbocycles. The minimum atomic E-state index is -3.23. The van der Waals surface area contributed by atoms with Crippen molar-refractivity contribution >= 4 is 26.1 Å². The van der Waals surface area contributed by atoms with Crippen molar-refractivity contribution in [2.75, 3.05) is 26.2 Å². The van der Waals surface area contributed by atoms with E-state index in [1.165, 1.54) is 0 Å². The SMILES string of the molecule is CC1CCN(S(=O)(=O)N2CCC(C)C(Br)C2)CC1. The van der Waals surface area contributed by atoms with Gasteiger partial charge >= 0.3 is 0 Å². The molecule has 2 rings (SSSR count). The molecule has 2 aliphatic rings. The average Bonchev–Trinajstić information content (AvgIpc) is 2.33. The van der Waals surface area contributed by atoms with E-state index >= 15 is 0 Å². The molecule has 0 amide bonds. The fourth-order valence-corrected chi connectivity index (χ4v) is 5.07. The maximum atomic E-state index is 12.5. The van der Waals surface area contributed by atoms with Gasteiger partial charge in [0.05, 0.1) is 0 Å². The number of halogens is 1. The minimum absolute atomic E-state index is 0.282. The van der Waals surface area contributed by atoms with Gasteiger partial charge in [-0.05, 0) is 31.1 Å². The summed E-state index contributed by atoms with van der Waals surface area (Å²) in [5.41, 5.74) is 0. The lowest BCUT2D eigenvalue weighted by Gasteiger charge is -2.38. The zero-order chi connectivity index (χ0) is 13.3. The van der Waals surface area contributed by atoms with Crippen molar-refractivity contribution in [2.45, 2.75) is 37.9 Å². The number of hydrogen-bond acceptors (Lipinski definition) is 2. The van der Waals surface area contributed by atoms with Gasteiger partial charge in [0, 0.05) is 31.0 Å². The Morgan fingerprint density at radius 2 is 1.56 bits per heavy atom. The van der Waals surface area contributed by atoms with Crippen LogP contribution in [0.2, 0.25) is 0 Å². The smallest absolute Gasteiger partial charge is 0.195 e. The second-order valence-electron chi connectivity index (χ2n) is 5.73. The van der Waals surface area contributed by atoms with Gasteiger partial charge in [-0.15, -0.1) is 0 Å². The Morgan fingerprint density at radius 1 is 1.00 bits per heavy atom. The van der Waals surface area contributed by atoms with E-state index in [-0.39, 0.29) is 4.83 Å². The minimum Gasteiger partial charge on any atom is -0.195 e. The molecule has 2 atom stereocenters. The summed E-state index contributed by atoms with van der Waals surface area (Å²) in [7, 11) is -3.23. The second kappa shape index (κ2) is 5.77. The van der Waals surface area contributed by atoms with Gasteiger partial charge < -0.3 is 0 Å². The first-order valence-corrected chi connectivity index (χ1v) is 9.12. The average molecular weight is 339 g/mol. The molecule has 4 nitrogen and oxygen atoms in total. The highest BCUT2D eigenvalue weighted by atomic mass is 79.9. The van der Waals surface area contributed by atoms with Crippen molar-refractivity contribution in [1.29, 1.82) is 0 Å². The number of nitrogens with zero attached hydrogens (tertiary/aromatic N) is 2. The largest absolute Gasteiger partial charge is 0.282 e. The third-order valence-corrected chi connectivity index (χ3v) is 7.42. The Balaban J connectivity index is 2.02. The van der Waals surface area contributed by atoms with Crippen LogP contribution in [-0.2, 0) is 10.2 Å². The van der Waals surface area contributed by atoms with E-state index in [2.05, 4.69) is 29.8 Å². The molecular formula is C12H23BrN2O2S. The first-order chi connectivity index (χ1) is 8.41.